The number of rotatable bonds is 6. The van der Waals surface area contributed by atoms with E-state index in [2.05, 4.69) is 0 Å². The van der Waals surface area contributed by atoms with Gasteiger partial charge in [0.2, 0.25) is 0 Å². The Hall–Kier alpha value is -3.52. The zero-order chi connectivity index (χ0) is 36.5. The molecule has 2 heterocycles. The highest BCUT2D eigenvalue weighted by Crippen LogP contribution is 2.78. The molecule has 1 fully saturated rings. The van der Waals surface area contributed by atoms with Gasteiger partial charge in [-0.3, -0.25) is 0 Å². The molecule has 12 heteroatoms. The fourth-order valence-corrected chi connectivity index (χ4v) is 11.1. The number of allylic oxidation sites excluding steroid dienone is 2. The smallest absolute Gasteiger partial charge is 0.380 e. The second-order valence-electron chi connectivity index (χ2n) is 13.6. The highest BCUT2D eigenvalue weighted by atomic mass is 32.2. The molecule has 8 rings (SSSR count). The number of alkyl halides is 6. The van der Waals surface area contributed by atoms with Crippen LogP contribution in [0.2, 0.25) is 0 Å². The maximum Gasteiger partial charge on any atom is 0.380 e. The third kappa shape index (κ3) is 4.47. The van der Waals surface area contributed by atoms with Crippen LogP contribution in [-0.4, -0.2) is 60.9 Å². The Labute approximate surface area is 297 Å². The fourth-order valence-electron chi connectivity index (χ4n) is 7.86. The molecule has 4 aromatic carbocycles. The molecule has 0 saturated heterocycles. The van der Waals surface area contributed by atoms with E-state index in [1.165, 1.54) is 35.7 Å². The molecule has 0 aromatic heterocycles. The van der Waals surface area contributed by atoms with E-state index >= 15 is 26.3 Å². The first kappa shape index (κ1) is 34.6. The zero-order valence-corrected chi connectivity index (χ0v) is 28.7. The summed E-state index contributed by atoms with van der Waals surface area (Å²) in [4.78, 5) is 0.964. The average molecular weight is 741 g/mol. The summed E-state index contributed by atoms with van der Waals surface area (Å²) in [7, 11) is 0. The van der Waals surface area contributed by atoms with Crippen LogP contribution >= 0.6 is 23.5 Å². The number of aliphatic hydroxyl groups is 4. The van der Waals surface area contributed by atoms with Crippen LogP contribution < -0.4 is 0 Å². The Balaban J connectivity index is 1.30. The van der Waals surface area contributed by atoms with E-state index in [9.17, 15) is 20.4 Å². The molecule has 0 spiro atoms. The minimum Gasteiger partial charge on any atom is -0.393 e. The van der Waals surface area contributed by atoms with E-state index in [1.54, 1.807) is 86.6 Å². The summed E-state index contributed by atoms with van der Waals surface area (Å²) in [6, 6.07) is 23.3. The Morgan fingerprint density at radius 2 is 0.843 bits per heavy atom. The van der Waals surface area contributed by atoms with Gasteiger partial charge in [-0.1, -0.05) is 72.8 Å². The van der Waals surface area contributed by atoms with Crippen LogP contribution in [0, 0.1) is 0 Å². The molecule has 4 aliphatic rings. The quantitative estimate of drug-likeness (QED) is 0.148. The molecule has 51 heavy (non-hydrogen) atoms. The number of halogens is 6. The maximum absolute atomic E-state index is 16.1. The normalized spacial score (nSPS) is 26.0. The van der Waals surface area contributed by atoms with Crippen LogP contribution in [0.3, 0.4) is 0 Å². The number of thioether (sulfide) groups is 2. The van der Waals surface area contributed by atoms with E-state index in [-0.39, 0.29) is 22.3 Å². The molecule has 2 aliphatic heterocycles. The highest BCUT2D eigenvalue weighted by molar-refractivity contribution is 8.06. The number of hydrogen-bond acceptors (Lipinski definition) is 6. The molecule has 0 radical (unpaired) electrons. The van der Waals surface area contributed by atoms with Crippen molar-refractivity contribution in [1.82, 2.24) is 0 Å². The second kappa shape index (κ2) is 11.2. The summed E-state index contributed by atoms with van der Waals surface area (Å²) in [5.74, 6) is -16.0. The molecule has 0 amide bonds. The van der Waals surface area contributed by atoms with Gasteiger partial charge in [0.15, 0.2) is 0 Å². The molecule has 4 aromatic rings. The molecule has 264 valence electrons. The topological polar surface area (TPSA) is 80.9 Å². The summed E-state index contributed by atoms with van der Waals surface area (Å²) in [6.07, 6.45) is -2.13. The number of aliphatic hydroxyl groups excluding tert-OH is 4. The lowest BCUT2D eigenvalue weighted by Crippen LogP contribution is -2.47. The van der Waals surface area contributed by atoms with Crippen molar-refractivity contribution in [3.63, 3.8) is 0 Å². The lowest BCUT2D eigenvalue weighted by atomic mass is 9.68. The molecule has 4 N–H and O–H groups in total. The number of fused-ring (bicyclic) bond motifs is 8. The van der Waals surface area contributed by atoms with E-state index in [1.807, 2.05) is 0 Å². The Morgan fingerprint density at radius 3 is 1.18 bits per heavy atom. The summed E-state index contributed by atoms with van der Waals surface area (Å²) < 4.78 is 92.5. The third-order valence-corrected chi connectivity index (χ3v) is 14.1. The van der Waals surface area contributed by atoms with Gasteiger partial charge in [0.25, 0.3) is 0 Å². The van der Waals surface area contributed by atoms with Crippen molar-refractivity contribution in [2.75, 3.05) is 13.2 Å². The first-order valence-corrected chi connectivity index (χ1v) is 17.7. The first-order chi connectivity index (χ1) is 24.0. The van der Waals surface area contributed by atoms with Crippen LogP contribution in [0.4, 0.5) is 26.3 Å². The van der Waals surface area contributed by atoms with Gasteiger partial charge >= 0.3 is 17.8 Å². The van der Waals surface area contributed by atoms with Crippen molar-refractivity contribution in [2.45, 2.75) is 63.1 Å². The highest BCUT2D eigenvalue weighted by Gasteiger charge is 2.84. The summed E-state index contributed by atoms with van der Waals surface area (Å²) >= 11 is 2.39. The fraction of sp³-hybridized carbons (Fsp3) is 0.282. The van der Waals surface area contributed by atoms with E-state index in [0.29, 0.717) is 43.2 Å². The van der Waals surface area contributed by atoms with Crippen molar-refractivity contribution in [3.8, 4) is 22.3 Å². The van der Waals surface area contributed by atoms with Crippen molar-refractivity contribution >= 4 is 34.7 Å². The van der Waals surface area contributed by atoms with Gasteiger partial charge in [-0.2, -0.15) is 26.3 Å². The molecule has 0 bridgehead atoms. The SMILES string of the molecule is C[C@@]12Sc3cc(-c4ccc(C(O)CO)cc4)ccc3C1=C1C(=C3c4ccc(-c5ccc(C(O)CO)cc5)cc4S[C@]32C)C(F)(F)C(F)(F)C1(F)F. The van der Waals surface area contributed by atoms with Crippen LogP contribution in [0.1, 0.15) is 48.3 Å². The van der Waals surface area contributed by atoms with Crippen LogP contribution in [0.15, 0.2) is 106 Å². The van der Waals surface area contributed by atoms with Gasteiger partial charge in [-0.05, 0) is 81.6 Å². The predicted octanol–water partition coefficient (Wildman–Crippen LogP) is 8.94. The van der Waals surface area contributed by atoms with Crippen molar-refractivity contribution in [3.05, 3.63) is 118 Å². The van der Waals surface area contributed by atoms with Crippen LogP contribution in [-0.2, 0) is 0 Å². The Morgan fingerprint density at radius 1 is 0.510 bits per heavy atom. The molecule has 4 atom stereocenters. The standard InChI is InChI=1S/C39H30F6O4S2/c1-35-31(25-13-11-23(15-29(25)50-35)19-3-7-21(8-4-19)27(48)17-46)33-34(38(42,43)39(44,45)37(33,40)41)32-26-14-12-24(16-30(26)51-36(32,35)2)20-5-9-22(10-6-20)28(49)18-47/h3-16,27-28,46-49H,17-18H2,1-2H3/t27?,28?,35-,36-/m1/s1. The molecular weight excluding hydrogens is 711 g/mol. The molecule has 4 nitrogen and oxygen atoms in total. The lowest BCUT2D eigenvalue weighted by molar-refractivity contribution is -0.257. The van der Waals surface area contributed by atoms with Crippen LogP contribution in [0.25, 0.3) is 33.4 Å². The molecular formula is C39H30F6O4S2. The second-order valence-corrected chi connectivity index (χ2v) is 16.5. The maximum atomic E-state index is 16.1. The van der Waals surface area contributed by atoms with E-state index in [0.717, 1.165) is 0 Å². The summed E-state index contributed by atoms with van der Waals surface area (Å²) in [6.45, 7) is 2.41. The number of hydrogen-bond donors (Lipinski definition) is 4. The van der Waals surface area contributed by atoms with Crippen molar-refractivity contribution < 1.29 is 46.8 Å². The van der Waals surface area contributed by atoms with Crippen molar-refractivity contribution in [1.29, 1.82) is 0 Å². The molecule has 2 unspecified atom stereocenters. The van der Waals surface area contributed by atoms with E-state index < -0.39 is 63.8 Å². The molecule has 2 aliphatic carbocycles. The lowest BCUT2D eigenvalue weighted by Gasteiger charge is -2.47. The minimum absolute atomic E-state index is 0.196. The summed E-state index contributed by atoms with van der Waals surface area (Å²) in [5, 5.41) is 38.5. The van der Waals surface area contributed by atoms with Gasteiger partial charge in [-0.25, -0.2) is 0 Å². The number of benzene rings is 4. The molecule has 1 saturated carbocycles. The van der Waals surface area contributed by atoms with Crippen molar-refractivity contribution in [2.24, 2.45) is 0 Å². The van der Waals surface area contributed by atoms with Gasteiger partial charge in [0, 0.05) is 20.9 Å². The monoisotopic (exact) mass is 740 g/mol. The van der Waals surface area contributed by atoms with E-state index in [4.69, 9.17) is 0 Å². The largest absolute Gasteiger partial charge is 0.393 e. The zero-order valence-electron chi connectivity index (χ0n) is 27.0. The third-order valence-electron chi connectivity index (χ3n) is 10.8. The predicted molar refractivity (Wildman–Crippen MR) is 185 cm³/mol. The van der Waals surface area contributed by atoms with Gasteiger partial charge in [-0.15, -0.1) is 23.5 Å². The Kier molecular flexibility index (Phi) is 7.62. The average Bonchev–Trinajstić information content (AvgIpc) is 3.63. The van der Waals surface area contributed by atoms with Crippen LogP contribution in [0.5, 0.6) is 0 Å². The van der Waals surface area contributed by atoms with Gasteiger partial charge in [0.1, 0.15) is 12.2 Å². The first-order valence-electron chi connectivity index (χ1n) is 16.1. The minimum atomic E-state index is -5.68. The van der Waals surface area contributed by atoms with Gasteiger partial charge < -0.3 is 20.4 Å². The summed E-state index contributed by atoms with van der Waals surface area (Å²) in [5.41, 5.74) is 1.03. The Bertz CT molecular complexity index is 2030. The van der Waals surface area contributed by atoms with Gasteiger partial charge in [0.05, 0.1) is 22.7 Å².